The maximum atomic E-state index is 12.7. The highest BCUT2D eigenvalue weighted by atomic mass is 16.2. The van der Waals surface area contributed by atoms with Gasteiger partial charge in [0.05, 0.1) is 6.04 Å². The van der Waals surface area contributed by atoms with E-state index in [1.165, 1.54) is 17.1 Å². The molecule has 3 atom stereocenters. The quantitative estimate of drug-likeness (QED) is 0.780. The van der Waals surface area contributed by atoms with E-state index in [0.717, 1.165) is 30.4 Å². The lowest BCUT2D eigenvalue weighted by Crippen LogP contribution is -2.42. The van der Waals surface area contributed by atoms with Crippen LogP contribution in [0.4, 0.5) is 5.69 Å². The van der Waals surface area contributed by atoms with Crippen molar-refractivity contribution in [3.8, 4) is 0 Å². The van der Waals surface area contributed by atoms with Gasteiger partial charge in [-0.3, -0.25) is 14.4 Å². The van der Waals surface area contributed by atoms with E-state index in [-0.39, 0.29) is 23.2 Å². The number of rotatable bonds is 4. The first kappa shape index (κ1) is 20.8. The van der Waals surface area contributed by atoms with Crippen molar-refractivity contribution in [2.45, 2.75) is 45.6 Å². The Bertz CT molecular complexity index is 950. The van der Waals surface area contributed by atoms with Crippen LogP contribution in [0.2, 0.25) is 0 Å². The summed E-state index contributed by atoms with van der Waals surface area (Å²) in [5.41, 5.74) is 1.87. The van der Waals surface area contributed by atoms with Crippen LogP contribution in [-0.2, 0) is 16.6 Å². The SMILES string of the molecule is Cc1ccccc1[C@H](NC(=O)C(=O)Nc1cccn(C)c1=O)[C@H]1CCC[C@H](C)C1. The summed E-state index contributed by atoms with van der Waals surface area (Å²) in [5.74, 6) is -0.669. The van der Waals surface area contributed by atoms with Crippen LogP contribution < -0.4 is 16.2 Å². The maximum Gasteiger partial charge on any atom is 0.313 e. The first-order valence-corrected chi connectivity index (χ1v) is 10.2. The summed E-state index contributed by atoms with van der Waals surface area (Å²) in [6.07, 6.45) is 5.94. The Morgan fingerprint density at radius 1 is 1.10 bits per heavy atom. The fraction of sp³-hybridized carbons (Fsp3) is 0.435. The molecule has 1 aromatic heterocycles. The van der Waals surface area contributed by atoms with Gasteiger partial charge in [-0.15, -0.1) is 0 Å². The fourth-order valence-electron chi connectivity index (χ4n) is 4.25. The summed E-state index contributed by atoms with van der Waals surface area (Å²) in [7, 11) is 1.59. The summed E-state index contributed by atoms with van der Waals surface area (Å²) < 4.78 is 1.35. The molecule has 154 valence electrons. The lowest BCUT2D eigenvalue weighted by molar-refractivity contribution is -0.137. The molecule has 1 aliphatic carbocycles. The largest absolute Gasteiger partial charge is 0.341 e. The van der Waals surface area contributed by atoms with Gasteiger partial charge in [-0.25, -0.2) is 0 Å². The molecular formula is C23H29N3O3. The average molecular weight is 396 g/mol. The van der Waals surface area contributed by atoms with Gasteiger partial charge in [0.15, 0.2) is 0 Å². The van der Waals surface area contributed by atoms with Gasteiger partial charge in [0.25, 0.3) is 5.56 Å². The van der Waals surface area contributed by atoms with Crippen LogP contribution in [0.25, 0.3) is 0 Å². The Kier molecular flexibility index (Phi) is 6.52. The average Bonchev–Trinajstić information content (AvgIpc) is 2.70. The smallest absolute Gasteiger partial charge is 0.313 e. The van der Waals surface area contributed by atoms with Gasteiger partial charge in [0.2, 0.25) is 0 Å². The maximum absolute atomic E-state index is 12.7. The topological polar surface area (TPSA) is 80.2 Å². The molecule has 0 unspecified atom stereocenters. The Labute approximate surface area is 171 Å². The van der Waals surface area contributed by atoms with E-state index in [1.807, 2.05) is 31.2 Å². The highest BCUT2D eigenvalue weighted by Crippen LogP contribution is 2.38. The molecule has 0 aliphatic heterocycles. The number of carbonyl (C=O) groups excluding carboxylic acids is 2. The van der Waals surface area contributed by atoms with Crippen LogP contribution in [0.5, 0.6) is 0 Å². The summed E-state index contributed by atoms with van der Waals surface area (Å²) >= 11 is 0. The molecule has 29 heavy (non-hydrogen) atoms. The van der Waals surface area contributed by atoms with Gasteiger partial charge in [-0.2, -0.15) is 0 Å². The zero-order chi connectivity index (χ0) is 21.0. The number of hydrogen-bond acceptors (Lipinski definition) is 3. The number of amides is 2. The second-order valence-corrected chi connectivity index (χ2v) is 8.13. The first-order valence-electron chi connectivity index (χ1n) is 10.2. The predicted octanol–water partition coefficient (Wildman–Crippen LogP) is 3.32. The van der Waals surface area contributed by atoms with Crippen molar-refractivity contribution in [2.75, 3.05) is 5.32 Å². The molecule has 0 saturated heterocycles. The number of carbonyl (C=O) groups is 2. The van der Waals surface area contributed by atoms with Crippen LogP contribution >= 0.6 is 0 Å². The van der Waals surface area contributed by atoms with E-state index in [9.17, 15) is 14.4 Å². The Morgan fingerprint density at radius 3 is 2.59 bits per heavy atom. The molecule has 0 radical (unpaired) electrons. The molecule has 1 heterocycles. The van der Waals surface area contributed by atoms with Gasteiger partial charge >= 0.3 is 11.8 Å². The third kappa shape index (κ3) is 4.94. The minimum Gasteiger partial charge on any atom is -0.341 e. The van der Waals surface area contributed by atoms with Gasteiger partial charge in [-0.1, -0.05) is 44.0 Å². The normalized spacial score (nSPS) is 20.0. The van der Waals surface area contributed by atoms with E-state index in [2.05, 4.69) is 17.6 Å². The number of aromatic nitrogens is 1. The molecule has 2 aromatic rings. The van der Waals surface area contributed by atoms with E-state index in [4.69, 9.17) is 0 Å². The zero-order valence-electron chi connectivity index (χ0n) is 17.3. The van der Waals surface area contributed by atoms with Gasteiger partial charge in [0, 0.05) is 13.2 Å². The Balaban J connectivity index is 1.80. The van der Waals surface area contributed by atoms with Gasteiger partial charge < -0.3 is 15.2 Å². The molecule has 1 fully saturated rings. The molecule has 2 amide bonds. The van der Waals surface area contributed by atoms with Crippen LogP contribution in [0.3, 0.4) is 0 Å². The molecule has 1 aliphatic rings. The lowest BCUT2D eigenvalue weighted by Gasteiger charge is -2.34. The Morgan fingerprint density at radius 2 is 1.86 bits per heavy atom. The molecular weight excluding hydrogens is 366 g/mol. The minimum atomic E-state index is -0.823. The van der Waals surface area contributed by atoms with E-state index in [1.54, 1.807) is 19.3 Å². The van der Waals surface area contributed by atoms with Crippen LogP contribution in [0, 0.1) is 18.8 Å². The molecule has 1 aromatic carbocycles. The lowest BCUT2D eigenvalue weighted by atomic mass is 9.76. The third-order valence-corrected chi connectivity index (χ3v) is 5.84. The van der Waals surface area contributed by atoms with Crippen molar-refractivity contribution < 1.29 is 9.59 Å². The van der Waals surface area contributed by atoms with Gasteiger partial charge in [-0.05, 0) is 54.9 Å². The van der Waals surface area contributed by atoms with Crippen molar-refractivity contribution in [1.29, 1.82) is 0 Å². The third-order valence-electron chi connectivity index (χ3n) is 5.84. The zero-order valence-corrected chi connectivity index (χ0v) is 17.3. The minimum absolute atomic E-state index is 0.0916. The highest BCUT2D eigenvalue weighted by Gasteiger charge is 2.31. The second-order valence-electron chi connectivity index (χ2n) is 8.13. The molecule has 0 spiro atoms. The van der Waals surface area contributed by atoms with Crippen molar-refractivity contribution in [1.82, 2.24) is 9.88 Å². The molecule has 3 rings (SSSR count). The number of benzene rings is 1. The van der Waals surface area contributed by atoms with Crippen LogP contribution in [0.1, 0.15) is 49.8 Å². The highest BCUT2D eigenvalue weighted by molar-refractivity contribution is 6.39. The molecule has 0 bridgehead atoms. The van der Waals surface area contributed by atoms with E-state index >= 15 is 0 Å². The monoisotopic (exact) mass is 395 g/mol. The summed E-state index contributed by atoms with van der Waals surface area (Å²) in [6.45, 7) is 4.26. The number of pyridine rings is 1. The van der Waals surface area contributed by atoms with Crippen LogP contribution in [-0.4, -0.2) is 16.4 Å². The van der Waals surface area contributed by atoms with Crippen molar-refractivity contribution in [3.05, 3.63) is 64.1 Å². The number of hydrogen-bond donors (Lipinski definition) is 2. The van der Waals surface area contributed by atoms with Crippen molar-refractivity contribution >= 4 is 17.5 Å². The fourth-order valence-corrected chi connectivity index (χ4v) is 4.25. The summed E-state index contributed by atoms with van der Waals surface area (Å²) in [5, 5.41) is 5.41. The molecule has 6 nitrogen and oxygen atoms in total. The number of nitrogens with zero attached hydrogens (tertiary/aromatic N) is 1. The summed E-state index contributed by atoms with van der Waals surface area (Å²) in [6, 6.07) is 10.9. The van der Waals surface area contributed by atoms with Crippen LogP contribution in [0.15, 0.2) is 47.4 Å². The Hall–Kier alpha value is -2.89. The standard InChI is InChI=1S/C23H29N3O3/c1-15-8-6-10-17(14-15)20(18-11-5-4-9-16(18)2)25-22(28)21(27)24-19-12-7-13-26(3)23(19)29/h4-5,7,9,11-13,15,17,20H,6,8,10,14H2,1-3H3,(H,24,27)(H,25,28)/t15-,17-,20+/m0/s1. The second kappa shape index (κ2) is 9.07. The van der Waals surface area contributed by atoms with E-state index in [0.29, 0.717) is 5.92 Å². The number of nitrogens with one attached hydrogen (secondary N) is 2. The van der Waals surface area contributed by atoms with E-state index < -0.39 is 11.8 Å². The van der Waals surface area contributed by atoms with Crippen molar-refractivity contribution in [3.63, 3.8) is 0 Å². The summed E-state index contributed by atoms with van der Waals surface area (Å²) in [4.78, 5) is 37.3. The molecule has 2 N–H and O–H groups in total. The first-order chi connectivity index (χ1) is 13.9. The predicted molar refractivity (Wildman–Crippen MR) is 113 cm³/mol. The molecule has 6 heteroatoms. The van der Waals surface area contributed by atoms with Crippen molar-refractivity contribution in [2.24, 2.45) is 18.9 Å². The van der Waals surface area contributed by atoms with Gasteiger partial charge in [0.1, 0.15) is 5.69 Å². The number of aryl methyl sites for hydroxylation is 2. The number of anilines is 1. The molecule has 1 saturated carbocycles.